The normalized spacial score (nSPS) is 11.2. The van der Waals surface area contributed by atoms with Crippen molar-refractivity contribution in [3.63, 3.8) is 0 Å². The molecule has 5 heteroatoms. The summed E-state index contributed by atoms with van der Waals surface area (Å²) in [7, 11) is 3.18. The van der Waals surface area contributed by atoms with Crippen molar-refractivity contribution in [3.05, 3.63) is 28.2 Å². The molecule has 1 aromatic carbocycles. The number of ether oxygens (including phenoxy) is 1. The van der Waals surface area contributed by atoms with Crippen LogP contribution in [0.15, 0.2) is 22.7 Å². The highest BCUT2D eigenvalue weighted by atomic mass is 79.9. The quantitative estimate of drug-likeness (QED) is 0.927. The molecule has 100 valence electrons. The first-order valence-electron chi connectivity index (χ1n) is 5.56. The van der Waals surface area contributed by atoms with E-state index in [1.807, 2.05) is 0 Å². The van der Waals surface area contributed by atoms with E-state index in [0.717, 1.165) is 4.47 Å². The molecular formula is C13H18BrNO3. The lowest BCUT2D eigenvalue weighted by molar-refractivity contribution is 0.0366. The molecule has 0 aromatic heterocycles. The summed E-state index contributed by atoms with van der Waals surface area (Å²) < 4.78 is 6.04. The summed E-state index contributed by atoms with van der Waals surface area (Å²) in [5, 5.41) is 9.72. The van der Waals surface area contributed by atoms with Crippen molar-refractivity contribution in [1.29, 1.82) is 0 Å². The Morgan fingerprint density at radius 2 is 2.11 bits per heavy atom. The molecule has 0 saturated heterocycles. The maximum Gasteiger partial charge on any atom is 0.257 e. The molecule has 0 heterocycles. The van der Waals surface area contributed by atoms with Gasteiger partial charge in [-0.05, 0) is 32.0 Å². The lowest BCUT2D eigenvalue weighted by Gasteiger charge is -2.26. The molecule has 0 spiro atoms. The molecule has 0 saturated carbocycles. The molecular weight excluding hydrogens is 298 g/mol. The number of carbonyl (C=O) groups excluding carboxylic acids is 1. The monoisotopic (exact) mass is 315 g/mol. The zero-order valence-electron chi connectivity index (χ0n) is 11.0. The van der Waals surface area contributed by atoms with E-state index in [4.69, 9.17) is 4.74 Å². The van der Waals surface area contributed by atoms with Crippen molar-refractivity contribution >= 4 is 21.8 Å². The molecule has 0 fully saturated rings. The molecule has 1 aromatic rings. The molecule has 0 atom stereocenters. The van der Waals surface area contributed by atoms with Gasteiger partial charge in [0.1, 0.15) is 5.75 Å². The number of nitrogens with zero attached hydrogens (tertiary/aromatic N) is 1. The van der Waals surface area contributed by atoms with Crippen molar-refractivity contribution in [1.82, 2.24) is 4.90 Å². The van der Waals surface area contributed by atoms with Crippen LogP contribution in [0.25, 0.3) is 0 Å². The molecule has 1 rings (SSSR count). The Kier molecular flexibility index (Phi) is 4.76. The van der Waals surface area contributed by atoms with Gasteiger partial charge in [0.25, 0.3) is 5.91 Å². The van der Waals surface area contributed by atoms with Crippen LogP contribution >= 0.6 is 15.9 Å². The first kappa shape index (κ1) is 15.0. The maximum atomic E-state index is 12.2. The molecule has 1 N–H and O–H groups in total. The zero-order valence-corrected chi connectivity index (χ0v) is 12.6. The summed E-state index contributed by atoms with van der Waals surface area (Å²) in [6, 6.07) is 5.23. The second-order valence-corrected chi connectivity index (χ2v) is 5.73. The number of carbonyl (C=O) groups is 1. The molecule has 0 aliphatic heterocycles. The van der Waals surface area contributed by atoms with Crippen molar-refractivity contribution < 1.29 is 14.6 Å². The molecule has 0 unspecified atom stereocenters. The van der Waals surface area contributed by atoms with Gasteiger partial charge >= 0.3 is 0 Å². The molecule has 0 aliphatic rings. The predicted octanol–water partition coefficient (Wildman–Crippen LogP) is 2.30. The van der Waals surface area contributed by atoms with Crippen LogP contribution in [0.1, 0.15) is 24.2 Å². The fourth-order valence-electron chi connectivity index (χ4n) is 1.70. The number of hydrogen-bond donors (Lipinski definition) is 1. The van der Waals surface area contributed by atoms with Crippen molar-refractivity contribution in [2.24, 2.45) is 0 Å². The SMILES string of the molecule is COc1cc(Br)ccc1C(=O)N(C)CC(C)(C)O. The standard InChI is InChI=1S/C13H18BrNO3/c1-13(2,17)8-15(3)12(16)10-6-5-9(14)7-11(10)18-4/h5-7,17H,8H2,1-4H3. The first-order valence-corrected chi connectivity index (χ1v) is 6.35. The summed E-state index contributed by atoms with van der Waals surface area (Å²) in [6.45, 7) is 3.58. The number of likely N-dealkylation sites (N-methyl/N-ethyl adjacent to an activating group) is 1. The van der Waals surface area contributed by atoms with Gasteiger partial charge < -0.3 is 14.7 Å². The van der Waals surface area contributed by atoms with E-state index >= 15 is 0 Å². The topological polar surface area (TPSA) is 49.8 Å². The summed E-state index contributed by atoms with van der Waals surface area (Å²) in [5.74, 6) is 0.332. The first-order chi connectivity index (χ1) is 8.24. The largest absolute Gasteiger partial charge is 0.496 e. The smallest absolute Gasteiger partial charge is 0.257 e. The average Bonchev–Trinajstić information content (AvgIpc) is 2.25. The van der Waals surface area contributed by atoms with Gasteiger partial charge in [-0.25, -0.2) is 0 Å². The average molecular weight is 316 g/mol. The van der Waals surface area contributed by atoms with Crippen LogP contribution < -0.4 is 4.74 Å². The van der Waals surface area contributed by atoms with Crippen LogP contribution in [0.4, 0.5) is 0 Å². The third-order valence-corrected chi connectivity index (χ3v) is 2.86. The molecule has 0 aliphatic carbocycles. The second-order valence-electron chi connectivity index (χ2n) is 4.82. The van der Waals surface area contributed by atoms with Crippen LogP contribution in [0.3, 0.4) is 0 Å². The van der Waals surface area contributed by atoms with Gasteiger partial charge in [0.05, 0.1) is 18.3 Å². The minimum Gasteiger partial charge on any atom is -0.496 e. The van der Waals surface area contributed by atoms with Crippen LogP contribution in [0, 0.1) is 0 Å². The Bertz CT molecular complexity index is 440. The van der Waals surface area contributed by atoms with Crippen molar-refractivity contribution in [3.8, 4) is 5.75 Å². The van der Waals surface area contributed by atoms with Gasteiger partial charge in [-0.3, -0.25) is 4.79 Å². The zero-order chi connectivity index (χ0) is 13.9. The molecule has 1 amide bonds. The number of amides is 1. The number of aliphatic hydroxyl groups is 1. The third-order valence-electron chi connectivity index (χ3n) is 2.36. The summed E-state index contributed by atoms with van der Waals surface area (Å²) >= 11 is 3.33. The Balaban J connectivity index is 2.96. The number of methoxy groups -OCH3 is 1. The molecule has 4 nitrogen and oxygen atoms in total. The van der Waals surface area contributed by atoms with Crippen molar-refractivity contribution in [2.45, 2.75) is 19.4 Å². The van der Waals surface area contributed by atoms with E-state index in [1.165, 1.54) is 12.0 Å². The number of rotatable bonds is 4. The molecule has 0 bridgehead atoms. The molecule has 0 radical (unpaired) electrons. The Morgan fingerprint density at radius 3 is 2.61 bits per heavy atom. The van der Waals surface area contributed by atoms with E-state index in [1.54, 1.807) is 39.1 Å². The van der Waals surface area contributed by atoms with E-state index in [2.05, 4.69) is 15.9 Å². The van der Waals surface area contributed by atoms with Gasteiger partial charge in [-0.15, -0.1) is 0 Å². The maximum absolute atomic E-state index is 12.2. The number of halogens is 1. The fraction of sp³-hybridized carbons (Fsp3) is 0.462. The van der Waals surface area contributed by atoms with Gasteiger partial charge in [-0.1, -0.05) is 15.9 Å². The fourth-order valence-corrected chi connectivity index (χ4v) is 2.04. The lowest BCUT2D eigenvalue weighted by atomic mass is 10.1. The van der Waals surface area contributed by atoms with Crippen molar-refractivity contribution in [2.75, 3.05) is 20.7 Å². The number of hydrogen-bond acceptors (Lipinski definition) is 3. The Labute approximate surface area is 116 Å². The van der Waals surface area contributed by atoms with Crippen LogP contribution in [0.5, 0.6) is 5.75 Å². The van der Waals surface area contributed by atoms with Crippen LogP contribution in [-0.2, 0) is 0 Å². The summed E-state index contributed by atoms with van der Waals surface area (Å²) in [5.41, 5.74) is -0.444. The highest BCUT2D eigenvalue weighted by Gasteiger charge is 2.22. The van der Waals surface area contributed by atoms with Gasteiger partial charge in [0.2, 0.25) is 0 Å². The van der Waals surface area contributed by atoms with Gasteiger partial charge in [0.15, 0.2) is 0 Å². The van der Waals surface area contributed by atoms with E-state index in [-0.39, 0.29) is 12.5 Å². The van der Waals surface area contributed by atoms with Gasteiger partial charge in [0, 0.05) is 18.1 Å². The third kappa shape index (κ3) is 3.99. The summed E-state index contributed by atoms with van der Waals surface area (Å²) in [6.07, 6.45) is 0. The predicted molar refractivity (Wildman–Crippen MR) is 74.0 cm³/mol. The molecule has 18 heavy (non-hydrogen) atoms. The van der Waals surface area contributed by atoms with E-state index < -0.39 is 5.60 Å². The second kappa shape index (κ2) is 5.71. The van der Waals surface area contributed by atoms with E-state index in [9.17, 15) is 9.90 Å². The minimum absolute atomic E-state index is 0.179. The number of benzene rings is 1. The highest BCUT2D eigenvalue weighted by Crippen LogP contribution is 2.24. The highest BCUT2D eigenvalue weighted by molar-refractivity contribution is 9.10. The van der Waals surface area contributed by atoms with Crippen LogP contribution in [0.2, 0.25) is 0 Å². The van der Waals surface area contributed by atoms with Gasteiger partial charge in [-0.2, -0.15) is 0 Å². The van der Waals surface area contributed by atoms with E-state index in [0.29, 0.717) is 11.3 Å². The summed E-state index contributed by atoms with van der Waals surface area (Å²) in [4.78, 5) is 13.7. The Morgan fingerprint density at radius 1 is 1.50 bits per heavy atom. The minimum atomic E-state index is -0.924. The Hall–Kier alpha value is -1.07. The van der Waals surface area contributed by atoms with Crippen LogP contribution in [-0.4, -0.2) is 42.2 Å². The lowest BCUT2D eigenvalue weighted by Crippen LogP contribution is -2.39.